The highest BCUT2D eigenvalue weighted by molar-refractivity contribution is 6.89. The van der Waals surface area contributed by atoms with E-state index >= 15 is 0 Å². The van der Waals surface area contributed by atoms with Gasteiger partial charge >= 0.3 is 0 Å². The van der Waals surface area contributed by atoms with E-state index in [0.717, 1.165) is 109 Å². The third-order valence-electron chi connectivity index (χ3n) is 18.9. The maximum Gasteiger partial charge on any atom is 0.253 e. The first-order valence-corrected chi connectivity index (χ1v) is 46.7. The minimum absolute atomic E-state index is 0.871. The summed E-state index contributed by atoms with van der Waals surface area (Å²) in [6, 6.07) is 16.0. The van der Waals surface area contributed by atoms with Crippen molar-refractivity contribution in [3.63, 3.8) is 0 Å². The Labute approximate surface area is 509 Å². The van der Waals surface area contributed by atoms with Crippen molar-refractivity contribution in [3.8, 4) is 140 Å². The highest BCUT2D eigenvalue weighted by atomic mass is 28.3. The summed E-state index contributed by atoms with van der Waals surface area (Å²) in [5.41, 5.74) is 9.92. The number of rotatable bonds is 22. The van der Waals surface area contributed by atoms with Gasteiger partial charge in [0.2, 0.25) is 0 Å². The predicted octanol–water partition coefficient (Wildman–Crippen LogP) is 13.3. The summed E-state index contributed by atoms with van der Waals surface area (Å²) in [6.07, 6.45) is 0. The van der Waals surface area contributed by atoms with Gasteiger partial charge < -0.3 is 29.2 Å². The zero-order valence-electron chi connectivity index (χ0n) is 55.3. The fourth-order valence-electron chi connectivity index (χ4n) is 9.66. The van der Waals surface area contributed by atoms with E-state index in [1.54, 1.807) is 0 Å². The Morgan fingerprint density at radius 1 is 0.232 bits per heavy atom. The lowest BCUT2D eigenvalue weighted by atomic mass is 9.96. The van der Waals surface area contributed by atoms with E-state index in [1.807, 2.05) is 0 Å². The fraction of sp³-hybridized carbons (Fsp3) is 0.657. The molecular weight excluding hydrogens is 1110 g/mol. The number of hydrogen-bond acceptors (Lipinski definition) is 6. The van der Waals surface area contributed by atoms with Crippen LogP contribution in [0.1, 0.15) is 125 Å². The van der Waals surface area contributed by atoms with Crippen molar-refractivity contribution in [2.75, 3.05) is 28.4 Å². The first-order chi connectivity index (χ1) is 38.8. The van der Waals surface area contributed by atoms with Crippen LogP contribution in [0.3, 0.4) is 0 Å². The molecule has 0 saturated carbocycles. The molecule has 12 heteroatoms. The molecule has 82 heavy (non-hydrogen) atoms. The van der Waals surface area contributed by atoms with Crippen LogP contribution in [-0.2, 0) is 18.9 Å². The van der Waals surface area contributed by atoms with Gasteiger partial charge in [0.25, 0.3) is 33.6 Å². The van der Waals surface area contributed by atoms with Gasteiger partial charge in [0.15, 0.2) is 0 Å². The van der Waals surface area contributed by atoms with Gasteiger partial charge in [-0.2, -0.15) is 0 Å². The molecule has 4 unspecified atom stereocenters. The second-order valence-corrected chi connectivity index (χ2v) is 51.6. The Kier molecular flexibility index (Phi) is 31.5. The highest BCUT2D eigenvalue weighted by Gasteiger charge is 2.37. The minimum Gasteiger partial charge on any atom is -0.357 e. The van der Waals surface area contributed by atoms with Crippen molar-refractivity contribution in [1.29, 1.82) is 0 Å². The van der Waals surface area contributed by atoms with E-state index in [-0.39, 0.29) is 0 Å². The quantitative estimate of drug-likeness (QED) is 0.0831. The molecule has 0 fully saturated rings. The smallest absolute Gasteiger partial charge is 0.253 e. The van der Waals surface area contributed by atoms with Crippen molar-refractivity contribution in [2.24, 2.45) is 0 Å². The van der Waals surface area contributed by atoms with Gasteiger partial charge in [-0.15, -0.1) is 33.3 Å². The molecular formula is C70H104O6Si6. The lowest BCUT2D eigenvalue weighted by molar-refractivity contribution is 0.128. The molecule has 0 spiro atoms. The van der Waals surface area contributed by atoms with Crippen LogP contribution < -0.4 is 0 Å². The molecule has 0 aromatic carbocycles. The molecule has 0 amide bonds. The molecule has 2 N–H and O–H groups in total. The lowest BCUT2D eigenvalue weighted by Gasteiger charge is -2.24. The average Bonchev–Trinajstić information content (AvgIpc) is 3.73. The minimum atomic E-state index is -2.30. The Morgan fingerprint density at radius 2 is 0.354 bits per heavy atom. The summed E-state index contributed by atoms with van der Waals surface area (Å²) in [7, 11) is -7.27. The number of methoxy groups -OCH3 is 4. The molecule has 0 bridgehead atoms. The number of aliphatic hydroxyl groups is 2. The van der Waals surface area contributed by atoms with E-state index in [1.165, 1.54) is 28.4 Å². The second kappa shape index (κ2) is 34.1. The Hall–Kier alpha value is -4.22. The van der Waals surface area contributed by atoms with Crippen LogP contribution in [0.15, 0.2) is 0 Å². The largest absolute Gasteiger partial charge is 0.357 e. The molecule has 0 aromatic rings. The lowest BCUT2D eigenvalue weighted by Crippen LogP contribution is -2.37. The van der Waals surface area contributed by atoms with Crippen molar-refractivity contribution in [1.82, 2.24) is 0 Å². The van der Waals surface area contributed by atoms with Gasteiger partial charge in [-0.05, 0) is 215 Å². The molecule has 0 aliphatic heterocycles. The third-order valence-corrected chi connectivity index (χ3v) is 47.2. The van der Waals surface area contributed by atoms with Gasteiger partial charge in [-0.3, -0.25) is 0 Å². The highest BCUT2D eigenvalue weighted by Crippen LogP contribution is 2.27. The van der Waals surface area contributed by atoms with E-state index in [9.17, 15) is 10.2 Å². The van der Waals surface area contributed by atoms with E-state index < -0.39 is 82.0 Å². The molecule has 6 nitrogen and oxygen atoms in total. The summed E-state index contributed by atoms with van der Waals surface area (Å²) < 4.78 is 25.7. The standard InChI is InChI=1S/C70H104O6Si6/c1-23-77(24-2,25-3)59-53-65(71)41-45-67(73-19,55-61-79(29-7,30-8)31-9)49-51-69(75-21,57-63-81(35-13,36-14)37-15)47-43-66(72,54-60-78(26-4,27-5)28-6)44-48-70(76-22,58-64-82(38-16,39-17)40-18)52-50-68(74-20,46-42-65)56-62-80(32-10,33-11)34-12/h71-72H,23-40H2,1-22H3. The first-order valence-electron chi connectivity index (χ1n) is 31.0. The van der Waals surface area contributed by atoms with Crippen LogP contribution in [0.2, 0.25) is 109 Å². The van der Waals surface area contributed by atoms with Crippen molar-refractivity contribution >= 4 is 48.4 Å². The summed E-state index contributed by atoms with van der Waals surface area (Å²) in [4.78, 5) is 0. The van der Waals surface area contributed by atoms with Gasteiger partial charge in [0, 0.05) is 28.4 Å². The molecule has 0 saturated heterocycles. The summed E-state index contributed by atoms with van der Waals surface area (Å²) in [6.45, 7) is 39.1. The Balaban J connectivity index is 5.84. The molecule has 0 radical (unpaired) electrons. The summed E-state index contributed by atoms with van der Waals surface area (Å²) in [5, 5.41) is 26.4. The summed E-state index contributed by atoms with van der Waals surface area (Å²) in [5.74, 6) is 58.9. The maximum absolute atomic E-state index is 13.2. The summed E-state index contributed by atoms with van der Waals surface area (Å²) >= 11 is 0. The first kappa shape index (κ1) is 75.8. The zero-order valence-corrected chi connectivity index (χ0v) is 61.3. The van der Waals surface area contributed by atoms with E-state index in [0.29, 0.717) is 0 Å². The normalized spacial score (nSPS) is 23.4. The Morgan fingerprint density at radius 3 is 0.476 bits per heavy atom. The third kappa shape index (κ3) is 19.9. The second-order valence-electron chi connectivity index (χ2n) is 22.0. The zero-order chi connectivity index (χ0) is 62.5. The van der Waals surface area contributed by atoms with Gasteiger partial charge in [-0.25, -0.2) is 0 Å². The van der Waals surface area contributed by atoms with Crippen LogP contribution in [0.25, 0.3) is 0 Å². The van der Waals surface area contributed by atoms with Crippen LogP contribution in [0.4, 0.5) is 0 Å². The molecule has 0 heterocycles. The van der Waals surface area contributed by atoms with Crippen molar-refractivity contribution in [2.45, 2.75) is 267 Å². The van der Waals surface area contributed by atoms with Crippen LogP contribution in [0.5, 0.6) is 0 Å². The average molecular weight is 1210 g/mol. The van der Waals surface area contributed by atoms with Crippen molar-refractivity contribution in [3.05, 3.63) is 0 Å². The SMILES string of the molecule is CC[Si](C#CC1(O)C#CC(C#C[Si](CC)(CC)CC)(OC)C#CC(C#C[Si](CC)(CC)CC)(OC)C#CC(O)(C#C[Si](CC)(CC)CC)C#CC(C#C[Si](CC)(CC)CC)(OC)C#CC(C#C[Si](CC)(CC)CC)(OC)C#C1)(CC)CC. The molecule has 1 aliphatic rings. The van der Waals surface area contributed by atoms with Crippen molar-refractivity contribution < 1.29 is 29.2 Å². The fourth-order valence-corrected chi connectivity index (χ4v) is 24.5. The molecule has 1 aliphatic carbocycles. The maximum atomic E-state index is 13.2. The van der Waals surface area contributed by atoms with Gasteiger partial charge in [-0.1, -0.05) is 125 Å². The molecule has 4 atom stereocenters. The molecule has 444 valence electrons. The molecule has 1 rings (SSSR count). The molecule has 0 aromatic heterocycles. The number of hydrogen-bond donors (Lipinski definition) is 2. The van der Waals surface area contributed by atoms with Crippen LogP contribution in [-0.4, -0.2) is 121 Å². The predicted molar refractivity (Wildman–Crippen MR) is 365 cm³/mol. The van der Waals surface area contributed by atoms with Gasteiger partial charge in [0.05, 0.1) is 0 Å². The van der Waals surface area contributed by atoms with E-state index in [4.69, 9.17) is 18.9 Å². The van der Waals surface area contributed by atoms with Crippen LogP contribution >= 0.6 is 0 Å². The van der Waals surface area contributed by atoms with E-state index in [2.05, 4.69) is 264 Å². The van der Waals surface area contributed by atoms with Gasteiger partial charge in [0.1, 0.15) is 48.4 Å². The monoisotopic (exact) mass is 1210 g/mol. The number of ether oxygens (including phenoxy) is 4. The topological polar surface area (TPSA) is 77.4 Å². The van der Waals surface area contributed by atoms with Crippen LogP contribution in [0, 0.1) is 140 Å². The Bertz CT molecular complexity index is 2540.